The SMILES string of the molecule is Cc1cn(-c2ccc(CC3CC4(COC4)CN4C3=NNCC4c3ccc(F)cc3)c3c2CC3)cn1. The molecule has 2 unspecified atom stereocenters. The van der Waals surface area contributed by atoms with Crippen molar-refractivity contribution in [1.29, 1.82) is 0 Å². The number of aromatic nitrogens is 2. The summed E-state index contributed by atoms with van der Waals surface area (Å²) in [6.07, 6.45) is 8.36. The summed E-state index contributed by atoms with van der Waals surface area (Å²) in [6, 6.07) is 11.7. The number of nitrogens with one attached hydrogen (secondary N) is 1. The van der Waals surface area contributed by atoms with E-state index in [1.165, 1.54) is 22.4 Å². The first-order valence-corrected chi connectivity index (χ1v) is 12.6. The van der Waals surface area contributed by atoms with Crippen LogP contribution in [-0.2, 0) is 24.0 Å². The molecule has 3 aliphatic heterocycles. The molecule has 2 aromatic carbocycles. The van der Waals surface area contributed by atoms with Gasteiger partial charge in [0.15, 0.2) is 0 Å². The first kappa shape index (κ1) is 21.1. The van der Waals surface area contributed by atoms with Gasteiger partial charge in [-0.3, -0.25) is 0 Å². The largest absolute Gasteiger partial charge is 0.380 e. The van der Waals surface area contributed by atoms with E-state index in [2.05, 4.69) is 38.2 Å². The molecular weight excluding hydrogens is 441 g/mol. The number of halogens is 1. The zero-order valence-electron chi connectivity index (χ0n) is 20.0. The number of amidine groups is 1. The molecule has 2 saturated heterocycles. The molecule has 7 heteroatoms. The Balaban J connectivity index is 1.21. The van der Waals surface area contributed by atoms with E-state index in [4.69, 9.17) is 9.84 Å². The zero-order chi connectivity index (χ0) is 23.6. The van der Waals surface area contributed by atoms with Crippen molar-refractivity contribution < 1.29 is 9.13 Å². The lowest BCUT2D eigenvalue weighted by Gasteiger charge is -2.55. The summed E-state index contributed by atoms with van der Waals surface area (Å²) >= 11 is 0. The third-order valence-electron chi connectivity index (χ3n) is 8.35. The normalized spacial score (nSPS) is 24.1. The van der Waals surface area contributed by atoms with Crippen molar-refractivity contribution in [2.45, 2.75) is 38.6 Å². The van der Waals surface area contributed by atoms with Crippen molar-refractivity contribution in [1.82, 2.24) is 19.9 Å². The van der Waals surface area contributed by atoms with Crippen molar-refractivity contribution in [2.75, 3.05) is 26.3 Å². The van der Waals surface area contributed by atoms with E-state index < -0.39 is 0 Å². The number of imidazole rings is 1. The van der Waals surface area contributed by atoms with Gasteiger partial charge in [-0.15, -0.1) is 0 Å². The lowest BCUT2D eigenvalue weighted by Crippen LogP contribution is -2.62. The second-order valence-electron chi connectivity index (χ2n) is 10.7. The van der Waals surface area contributed by atoms with Gasteiger partial charge in [-0.2, -0.15) is 5.10 Å². The number of benzene rings is 2. The average molecular weight is 472 g/mol. The number of piperidine rings is 1. The molecule has 4 aliphatic rings. The predicted molar refractivity (Wildman–Crippen MR) is 132 cm³/mol. The highest BCUT2D eigenvalue weighted by molar-refractivity contribution is 5.87. The van der Waals surface area contributed by atoms with E-state index in [1.54, 1.807) is 12.1 Å². The molecule has 6 nitrogen and oxygen atoms in total. The fourth-order valence-electron chi connectivity index (χ4n) is 6.49. The van der Waals surface area contributed by atoms with Gasteiger partial charge in [-0.05, 0) is 73.1 Å². The predicted octanol–water partition coefficient (Wildman–Crippen LogP) is 3.96. The van der Waals surface area contributed by atoms with Crippen LogP contribution in [0, 0.1) is 24.1 Å². The third kappa shape index (κ3) is 3.47. The number of hydrogen-bond donors (Lipinski definition) is 1. The number of hydrogen-bond acceptors (Lipinski definition) is 5. The molecule has 0 saturated carbocycles. The van der Waals surface area contributed by atoms with Crippen molar-refractivity contribution in [3.05, 3.63) is 82.7 Å². The van der Waals surface area contributed by atoms with Crippen LogP contribution in [0.5, 0.6) is 0 Å². The topological polar surface area (TPSA) is 54.7 Å². The first-order valence-electron chi connectivity index (χ1n) is 12.6. The van der Waals surface area contributed by atoms with Crippen LogP contribution in [0.15, 0.2) is 54.0 Å². The Hall–Kier alpha value is -3.19. The van der Waals surface area contributed by atoms with Crippen LogP contribution in [0.4, 0.5) is 4.39 Å². The molecular formula is C28H30FN5O. The summed E-state index contributed by atoms with van der Waals surface area (Å²) in [6.45, 7) is 5.34. The van der Waals surface area contributed by atoms with Crippen LogP contribution >= 0.6 is 0 Å². The number of rotatable bonds is 4. The summed E-state index contributed by atoms with van der Waals surface area (Å²) < 4.78 is 21.5. The molecule has 7 rings (SSSR count). The molecule has 3 aromatic rings. The Morgan fingerprint density at radius 1 is 1.11 bits per heavy atom. The van der Waals surface area contributed by atoms with Gasteiger partial charge in [0.05, 0.1) is 37.8 Å². The number of ether oxygens (including phenoxy) is 1. The number of aryl methyl sites for hydroxylation is 1. The molecule has 0 radical (unpaired) electrons. The maximum Gasteiger partial charge on any atom is 0.128 e. The number of fused-ring (bicyclic) bond motifs is 2. The molecule has 1 aliphatic carbocycles. The minimum absolute atomic E-state index is 0.151. The summed E-state index contributed by atoms with van der Waals surface area (Å²) in [4.78, 5) is 6.90. The van der Waals surface area contributed by atoms with Crippen molar-refractivity contribution in [2.24, 2.45) is 16.4 Å². The Kier molecular flexibility index (Phi) is 4.78. The van der Waals surface area contributed by atoms with Crippen LogP contribution in [-0.4, -0.2) is 46.6 Å². The molecule has 2 atom stereocenters. The second kappa shape index (κ2) is 7.92. The van der Waals surface area contributed by atoms with E-state index in [0.29, 0.717) is 5.92 Å². The molecule has 2 fully saturated rings. The highest BCUT2D eigenvalue weighted by atomic mass is 19.1. The van der Waals surface area contributed by atoms with Gasteiger partial charge in [0, 0.05) is 29.8 Å². The average Bonchev–Trinajstić information content (AvgIpc) is 3.25. The fourth-order valence-corrected chi connectivity index (χ4v) is 6.49. The molecule has 1 aromatic heterocycles. The van der Waals surface area contributed by atoms with Gasteiger partial charge in [0.25, 0.3) is 0 Å². The van der Waals surface area contributed by atoms with E-state index in [1.807, 2.05) is 25.4 Å². The molecule has 4 heterocycles. The Morgan fingerprint density at radius 2 is 1.94 bits per heavy atom. The molecule has 0 bridgehead atoms. The third-order valence-corrected chi connectivity index (χ3v) is 8.35. The quantitative estimate of drug-likeness (QED) is 0.626. The summed E-state index contributed by atoms with van der Waals surface area (Å²) in [7, 11) is 0. The van der Waals surface area contributed by atoms with E-state index >= 15 is 0 Å². The molecule has 1 N–H and O–H groups in total. The Labute approximate surface area is 204 Å². The van der Waals surface area contributed by atoms with Crippen LogP contribution in [0.25, 0.3) is 5.69 Å². The van der Waals surface area contributed by atoms with Crippen LogP contribution < -0.4 is 5.43 Å². The van der Waals surface area contributed by atoms with E-state index in [9.17, 15) is 4.39 Å². The maximum atomic E-state index is 13.6. The number of hydrazone groups is 1. The number of nitrogens with zero attached hydrogens (tertiary/aromatic N) is 4. The minimum atomic E-state index is -0.195. The van der Waals surface area contributed by atoms with Gasteiger partial charge >= 0.3 is 0 Å². The van der Waals surface area contributed by atoms with E-state index in [-0.39, 0.29) is 17.3 Å². The van der Waals surface area contributed by atoms with Crippen LogP contribution in [0.2, 0.25) is 0 Å². The Morgan fingerprint density at radius 3 is 2.63 bits per heavy atom. The van der Waals surface area contributed by atoms with Crippen LogP contribution in [0.1, 0.15) is 40.4 Å². The van der Waals surface area contributed by atoms with Crippen molar-refractivity contribution in [3.8, 4) is 5.69 Å². The first-order chi connectivity index (χ1) is 17.1. The van der Waals surface area contributed by atoms with Crippen molar-refractivity contribution in [3.63, 3.8) is 0 Å². The highest BCUT2D eigenvalue weighted by Gasteiger charge is 2.50. The van der Waals surface area contributed by atoms with Gasteiger partial charge in [0.2, 0.25) is 0 Å². The summed E-state index contributed by atoms with van der Waals surface area (Å²) in [5.41, 5.74) is 11.3. The molecule has 0 amide bonds. The fraction of sp³-hybridized carbons (Fsp3) is 0.429. The lowest BCUT2D eigenvalue weighted by atomic mass is 9.70. The second-order valence-corrected chi connectivity index (χ2v) is 10.7. The van der Waals surface area contributed by atoms with Gasteiger partial charge in [0.1, 0.15) is 11.7 Å². The van der Waals surface area contributed by atoms with Gasteiger partial charge in [-0.25, -0.2) is 9.37 Å². The monoisotopic (exact) mass is 471 g/mol. The molecule has 180 valence electrons. The van der Waals surface area contributed by atoms with Gasteiger partial charge < -0.3 is 19.6 Å². The standard InChI is InChI=1S/C28H30FN5O/c1-18-13-33(17-30-18)25-9-4-20(23-7-8-24(23)25)10-21-11-28(15-35-16-28)14-34-26(12-31-32-27(21)34)19-2-5-22(29)6-3-19/h2-6,9,13,17,21,26,31H,7-8,10-12,14-16H2,1H3. The van der Waals surface area contributed by atoms with Crippen LogP contribution in [0.3, 0.4) is 0 Å². The highest BCUT2D eigenvalue weighted by Crippen LogP contribution is 2.45. The molecule has 35 heavy (non-hydrogen) atoms. The Bertz CT molecular complexity index is 1310. The zero-order valence-corrected chi connectivity index (χ0v) is 20.0. The lowest BCUT2D eigenvalue weighted by molar-refractivity contribution is -0.140. The van der Waals surface area contributed by atoms with Gasteiger partial charge in [-0.1, -0.05) is 18.2 Å². The maximum absolute atomic E-state index is 13.6. The van der Waals surface area contributed by atoms with Crippen molar-refractivity contribution >= 4 is 5.84 Å². The molecule has 1 spiro atoms. The summed E-state index contributed by atoms with van der Waals surface area (Å²) in [5, 5.41) is 4.85. The summed E-state index contributed by atoms with van der Waals surface area (Å²) in [5.74, 6) is 1.28. The van der Waals surface area contributed by atoms with E-state index in [0.717, 1.165) is 69.1 Å². The minimum Gasteiger partial charge on any atom is -0.380 e. The smallest absolute Gasteiger partial charge is 0.128 e.